The molecule has 0 atom stereocenters. The first-order valence-corrected chi connectivity index (χ1v) is 5.93. The highest BCUT2D eigenvalue weighted by Crippen LogP contribution is 2.15. The number of aldehydes is 1. The Morgan fingerprint density at radius 1 is 1.16 bits per heavy atom. The monoisotopic (exact) mass is 254 g/mol. The fraction of sp³-hybridized carbons (Fsp3) is 0.0667. The average molecular weight is 254 g/mol. The predicted octanol–water partition coefficient (Wildman–Crippen LogP) is 2.88. The number of fused-ring (bicyclic) bond motifs is 1. The van der Waals surface area contributed by atoms with Crippen LogP contribution in [0.4, 0.5) is 4.39 Å². The summed E-state index contributed by atoms with van der Waals surface area (Å²) in [6.45, 7) is 0. The van der Waals surface area contributed by atoms with Crippen LogP contribution in [-0.2, 0) is 6.42 Å². The van der Waals surface area contributed by atoms with Crippen LogP contribution in [-0.4, -0.2) is 15.7 Å². The maximum absolute atomic E-state index is 13.7. The van der Waals surface area contributed by atoms with Crippen molar-refractivity contribution >= 4 is 11.8 Å². The smallest absolute Gasteiger partial charge is 0.166 e. The number of halogens is 1. The normalized spacial score (nSPS) is 10.8. The minimum absolute atomic E-state index is 0.261. The van der Waals surface area contributed by atoms with Crippen LogP contribution in [0.1, 0.15) is 21.9 Å². The first kappa shape index (κ1) is 11.6. The molecule has 0 aliphatic carbocycles. The van der Waals surface area contributed by atoms with E-state index in [2.05, 4.69) is 4.98 Å². The second-order valence-electron chi connectivity index (χ2n) is 4.27. The molecule has 0 spiro atoms. The standard InChI is InChI=1S/C15H11FN2O/c16-14-7-2-1-4-11(14)8-15-17-9-12-5-3-6-13(10-19)18(12)15/h1-7,9-10H,8H2. The van der Waals surface area contributed by atoms with Crippen molar-refractivity contribution in [3.8, 4) is 0 Å². The Balaban J connectivity index is 2.11. The number of hydrogen-bond acceptors (Lipinski definition) is 2. The van der Waals surface area contributed by atoms with Gasteiger partial charge in [0.2, 0.25) is 0 Å². The maximum Gasteiger partial charge on any atom is 0.166 e. The molecule has 0 saturated heterocycles. The molecule has 0 amide bonds. The van der Waals surface area contributed by atoms with E-state index in [4.69, 9.17) is 0 Å². The minimum atomic E-state index is -0.261. The third-order valence-corrected chi connectivity index (χ3v) is 3.08. The summed E-state index contributed by atoms with van der Waals surface area (Å²) in [5, 5.41) is 0. The quantitative estimate of drug-likeness (QED) is 0.673. The largest absolute Gasteiger partial charge is 0.296 e. The highest BCUT2D eigenvalue weighted by Gasteiger charge is 2.10. The van der Waals surface area contributed by atoms with Gasteiger partial charge in [-0.25, -0.2) is 9.37 Å². The van der Waals surface area contributed by atoms with E-state index in [1.807, 2.05) is 6.07 Å². The van der Waals surface area contributed by atoms with Crippen LogP contribution in [0.2, 0.25) is 0 Å². The molecule has 19 heavy (non-hydrogen) atoms. The van der Waals surface area contributed by atoms with Crippen LogP contribution in [0, 0.1) is 5.82 Å². The SMILES string of the molecule is O=Cc1cccc2cnc(Cc3ccccc3F)n12. The Labute approximate surface area is 109 Å². The number of pyridine rings is 1. The summed E-state index contributed by atoms with van der Waals surface area (Å²) in [6, 6.07) is 12.0. The molecule has 3 nitrogen and oxygen atoms in total. The van der Waals surface area contributed by atoms with Crippen molar-refractivity contribution in [2.75, 3.05) is 0 Å². The molecule has 94 valence electrons. The molecule has 2 aromatic heterocycles. The van der Waals surface area contributed by atoms with E-state index < -0.39 is 0 Å². The third-order valence-electron chi connectivity index (χ3n) is 3.08. The van der Waals surface area contributed by atoms with Crippen LogP contribution < -0.4 is 0 Å². The molecule has 0 bridgehead atoms. The molecule has 0 saturated carbocycles. The molecule has 2 heterocycles. The Morgan fingerprint density at radius 2 is 2.00 bits per heavy atom. The molecule has 0 aliphatic rings. The molecule has 3 rings (SSSR count). The van der Waals surface area contributed by atoms with Gasteiger partial charge in [0, 0.05) is 6.42 Å². The second kappa shape index (κ2) is 4.65. The van der Waals surface area contributed by atoms with Crippen molar-refractivity contribution < 1.29 is 9.18 Å². The summed E-state index contributed by atoms with van der Waals surface area (Å²) in [6.07, 6.45) is 2.81. The molecule has 0 unspecified atom stereocenters. The molecule has 0 N–H and O–H groups in total. The maximum atomic E-state index is 13.7. The molecular formula is C15H11FN2O. The number of benzene rings is 1. The summed E-state index contributed by atoms with van der Waals surface area (Å²) in [5.74, 6) is 0.394. The Morgan fingerprint density at radius 3 is 2.79 bits per heavy atom. The van der Waals surface area contributed by atoms with E-state index in [9.17, 15) is 9.18 Å². The fourth-order valence-corrected chi connectivity index (χ4v) is 2.17. The summed E-state index contributed by atoms with van der Waals surface area (Å²) < 4.78 is 15.4. The molecule has 1 aromatic carbocycles. The van der Waals surface area contributed by atoms with Gasteiger partial charge >= 0.3 is 0 Å². The zero-order valence-corrected chi connectivity index (χ0v) is 10.1. The van der Waals surface area contributed by atoms with E-state index in [1.165, 1.54) is 6.07 Å². The van der Waals surface area contributed by atoms with Gasteiger partial charge in [-0.05, 0) is 23.8 Å². The minimum Gasteiger partial charge on any atom is -0.296 e. The van der Waals surface area contributed by atoms with Crippen molar-refractivity contribution in [3.05, 3.63) is 71.6 Å². The van der Waals surface area contributed by atoms with Crippen molar-refractivity contribution in [2.24, 2.45) is 0 Å². The van der Waals surface area contributed by atoms with Crippen molar-refractivity contribution in [2.45, 2.75) is 6.42 Å². The number of nitrogens with zero attached hydrogens (tertiary/aromatic N) is 2. The molecule has 0 aliphatic heterocycles. The number of carbonyl (C=O) groups excluding carboxylic acids is 1. The van der Waals surface area contributed by atoms with Crippen LogP contribution in [0.15, 0.2) is 48.7 Å². The Kier molecular flexibility index (Phi) is 2.83. The van der Waals surface area contributed by atoms with E-state index in [0.29, 0.717) is 23.5 Å². The molecular weight excluding hydrogens is 243 g/mol. The number of hydrogen-bond donors (Lipinski definition) is 0. The summed E-state index contributed by atoms with van der Waals surface area (Å²) in [7, 11) is 0. The fourth-order valence-electron chi connectivity index (χ4n) is 2.17. The highest BCUT2D eigenvalue weighted by molar-refractivity contribution is 5.74. The van der Waals surface area contributed by atoms with Gasteiger partial charge in [-0.3, -0.25) is 9.20 Å². The van der Waals surface area contributed by atoms with Gasteiger partial charge in [-0.2, -0.15) is 0 Å². The summed E-state index contributed by atoms with van der Waals surface area (Å²) >= 11 is 0. The zero-order valence-electron chi connectivity index (χ0n) is 10.1. The molecule has 0 radical (unpaired) electrons. The van der Waals surface area contributed by atoms with Gasteiger partial charge in [-0.1, -0.05) is 24.3 Å². The zero-order chi connectivity index (χ0) is 13.2. The lowest BCUT2D eigenvalue weighted by atomic mass is 10.1. The van der Waals surface area contributed by atoms with Crippen LogP contribution in [0.25, 0.3) is 5.52 Å². The van der Waals surface area contributed by atoms with Crippen LogP contribution in [0.3, 0.4) is 0 Å². The van der Waals surface area contributed by atoms with Gasteiger partial charge in [0.15, 0.2) is 6.29 Å². The Bertz CT molecular complexity index is 749. The van der Waals surface area contributed by atoms with E-state index in [-0.39, 0.29) is 5.82 Å². The van der Waals surface area contributed by atoms with E-state index >= 15 is 0 Å². The lowest BCUT2D eigenvalue weighted by molar-refractivity contribution is 0.111. The lowest BCUT2D eigenvalue weighted by Gasteiger charge is -2.05. The Hall–Kier alpha value is -2.49. The lowest BCUT2D eigenvalue weighted by Crippen LogP contribution is -2.02. The topological polar surface area (TPSA) is 34.4 Å². The number of carbonyl (C=O) groups is 1. The van der Waals surface area contributed by atoms with E-state index in [0.717, 1.165) is 11.8 Å². The van der Waals surface area contributed by atoms with Crippen LogP contribution >= 0.6 is 0 Å². The summed E-state index contributed by atoms with van der Waals surface area (Å²) in [5.41, 5.74) is 1.91. The van der Waals surface area contributed by atoms with Gasteiger partial charge in [0.05, 0.1) is 17.4 Å². The van der Waals surface area contributed by atoms with Crippen molar-refractivity contribution in [1.29, 1.82) is 0 Å². The highest BCUT2D eigenvalue weighted by atomic mass is 19.1. The van der Waals surface area contributed by atoms with Gasteiger partial charge < -0.3 is 0 Å². The van der Waals surface area contributed by atoms with Crippen LogP contribution in [0.5, 0.6) is 0 Å². The molecule has 3 aromatic rings. The third kappa shape index (κ3) is 2.01. The molecule has 4 heteroatoms. The van der Waals surface area contributed by atoms with Gasteiger partial charge in [-0.15, -0.1) is 0 Å². The van der Waals surface area contributed by atoms with Crippen molar-refractivity contribution in [3.63, 3.8) is 0 Å². The van der Waals surface area contributed by atoms with Gasteiger partial charge in [0.1, 0.15) is 11.6 Å². The first-order chi connectivity index (χ1) is 9.29. The number of aromatic nitrogens is 2. The first-order valence-electron chi connectivity index (χ1n) is 5.93. The van der Waals surface area contributed by atoms with Gasteiger partial charge in [0.25, 0.3) is 0 Å². The van der Waals surface area contributed by atoms with Crippen molar-refractivity contribution in [1.82, 2.24) is 9.38 Å². The summed E-state index contributed by atoms with van der Waals surface area (Å²) in [4.78, 5) is 15.3. The predicted molar refractivity (Wildman–Crippen MR) is 69.8 cm³/mol. The van der Waals surface area contributed by atoms with E-state index in [1.54, 1.807) is 40.9 Å². The number of imidazole rings is 1. The second-order valence-corrected chi connectivity index (χ2v) is 4.27. The number of rotatable bonds is 3. The molecule has 0 fully saturated rings. The average Bonchev–Trinajstić information content (AvgIpc) is 2.85.